The molecule has 2 nitrogen and oxygen atoms in total. The lowest BCUT2D eigenvalue weighted by atomic mass is 9.82. The quantitative estimate of drug-likeness (QED) is 0.882. The Morgan fingerprint density at radius 1 is 1.32 bits per heavy atom. The lowest BCUT2D eigenvalue weighted by Crippen LogP contribution is -2.35. The summed E-state index contributed by atoms with van der Waals surface area (Å²) in [5.41, 5.74) is 3.35. The van der Waals surface area contributed by atoms with Crippen LogP contribution in [-0.4, -0.2) is 11.5 Å². The number of aryl methyl sites for hydroxylation is 1. The first-order valence-corrected chi connectivity index (χ1v) is 8.00. The second kappa shape index (κ2) is 5.62. The van der Waals surface area contributed by atoms with Gasteiger partial charge in [-0.25, -0.2) is 0 Å². The predicted molar refractivity (Wildman–Crippen MR) is 79.1 cm³/mol. The van der Waals surface area contributed by atoms with Gasteiger partial charge in [-0.2, -0.15) is 0 Å². The van der Waals surface area contributed by atoms with Crippen LogP contribution in [0.2, 0.25) is 0 Å². The highest BCUT2D eigenvalue weighted by Gasteiger charge is 2.33. The highest BCUT2D eigenvalue weighted by molar-refractivity contribution is 5.25. The maximum Gasteiger partial charge on any atom is 0.0605 e. The van der Waals surface area contributed by atoms with Crippen molar-refractivity contribution >= 4 is 0 Å². The van der Waals surface area contributed by atoms with Gasteiger partial charge in [0.1, 0.15) is 0 Å². The first kappa shape index (κ1) is 13.1. The Hall–Kier alpha value is -0.890. The summed E-state index contributed by atoms with van der Waals surface area (Å²) in [4.78, 5) is 4.63. The smallest absolute Gasteiger partial charge is 0.0605 e. The third kappa shape index (κ3) is 2.69. The number of rotatable bonds is 4. The summed E-state index contributed by atoms with van der Waals surface area (Å²) >= 11 is 0. The van der Waals surface area contributed by atoms with Gasteiger partial charge in [-0.1, -0.05) is 25.8 Å². The van der Waals surface area contributed by atoms with Crippen LogP contribution in [0.3, 0.4) is 0 Å². The van der Waals surface area contributed by atoms with Crippen LogP contribution in [0.1, 0.15) is 69.2 Å². The second-order valence-electron chi connectivity index (χ2n) is 6.43. The third-order valence-electron chi connectivity index (χ3n) is 5.33. The van der Waals surface area contributed by atoms with E-state index in [4.69, 9.17) is 0 Å². The summed E-state index contributed by atoms with van der Waals surface area (Å²) in [5, 5.41) is 3.85. The molecule has 19 heavy (non-hydrogen) atoms. The first-order valence-electron chi connectivity index (χ1n) is 8.00. The molecule has 1 unspecified atom stereocenters. The molecule has 1 N–H and O–H groups in total. The lowest BCUT2D eigenvalue weighted by molar-refractivity contribution is 0.249. The van der Waals surface area contributed by atoms with Gasteiger partial charge in [0.05, 0.1) is 5.69 Å². The molecule has 0 saturated heterocycles. The van der Waals surface area contributed by atoms with Crippen molar-refractivity contribution in [3.8, 4) is 0 Å². The van der Waals surface area contributed by atoms with E-state index in [9.17, 15) is 0 Å². The zero-order valence-electron chi connectivity index (χ0n) is 12.1. The van der Waals surface area contributed by atoms with E-state index in [1.165, 1.54) is 69.2 Å². The minimum atomic E-state index is 0.494. The highest BCUT2D eigenvalue weighted by Crippen LogP contribution is 2.41. The summed E-state index contributed by atoms with van der Waals surface area (Å²) in [6.45, 7) is 3.55. The van der Waals surface area contributed by atoms with Crippen molar-refractivity contribution in [1.29, 1.82) is 0 Å². The van der Waals surface area contributed by atoms with E-state index in [1.54, 1.807) is 0 Å². The van der Waals surface area contributed by atoms with Crippen LogP contribution < -0.4 is 5.32 Å². The van der Waals surface area contributed by atoms with Crippen LogP contribution in [-0.2, 0) is 6.42 Å². The fraction of sp³-hybridized carbons (Fsp3) is 0.706. The van der Waals surface area contributed by atoms with Crippen LogP contribution in [0.5, 0.6) is 0 Å². The molecule has 2 aliphatic rings. The molecule has 0 radical (unpaired) electrons. The molecular weight excluding hydrogens is 232 g/mol. The number of hydrogen-bond donors (Lipinski definition) is 1. The largest absolute Gasteiger partial charge is 0.308 e. The first-order chi connectivity index (χ1) is 9.33. The zero-order valence-corrected chi connectivity index (χ0v) is 12.1. The molecule has 1 aromatic heterocycles. The van der Waals surface area contributed by atoms with Gasteiger partial charge >= 0.3 is 0 Å². The van der Waals surface area contributed by atoms with Gasteiger partial charge in [0.15, 0.2) is 0 Å². The van der Waals surface area contributed by atoms with E-state index >= 15 is 0 Å². The monoisotopic (exact) mass is 258 g/mol. The molecule has 1 saturated carbocycles. The van der Waals surface area contributed by atoms with E-state index in [-0.39, 0.29) is 0 Å². The molecule has 2 heteroatoms. The molecule has 0 aliphatic heterocycles. The highest BCUT2D eigenvalue weighted by atomic mass is 15.0. The van der Waals surface area contributed by atoms with Gasteiger partial charge in [-0.3, -0.25) is 4.98 Å². The van der Waals surface area contributed by atoms with Crippen molar-refractivity contribution < 1.29 is 0 Å². The van der Waals surface area contributed by atoms with Crippen molar-refractivity contribution in [2.24, 2.45) is 5.41 Å². The second-order valence-corrected chi connectivity index (χ2v) is 6.43. The molecular formula is C17H26N2. The Morgan fingerprint density at radius 3 is 2.95 bits per heavy atom. The number of nitrogens with one attached hydrogen (secondary N) is 1. The van der Waals surface area contributed by atoms with Crippen molar-refractivity contribution in [3.05, 3.63) is 29.6 Å². The summed E-state index contributed by atoms with van der Waals surface area (Å²) in [7, 11) is 0. The van der Waals surface area contributed by atoms with Crippen LogP contribution >= 0.6 is 0 Å². The van der Waals surface area contributed by atoms with Crippen molar-refractivity contribution in [1.82, 2.24) is 10.3 Å². The summed E-state index contributed by atoms with van der Waals surface area (Å²) < 4.78 is 0. The number of aromatic nitrogens is 1. The molecule has 1 aromatic rings. The molecule has 0 spiro atoms. The number of pyridine rings is 1. The standard InChI is InChI=1S/C17H26N2/c1-2-17(10-3-4-11-17)13-19-15-9-5-7-14-8-6-12-18-16(14)15/h6,8,12,15,19H,2-5,7,9-11,13H2,1H3. The molecule has 104 valence electrons. The van der Waals surface area contributed by atoms with Gasteiger partial charge in [-0.05, 0) is 55.6 Å². The van der Waals surface area contributed by atoms with Crippen LogP contribution in [0.4, 0.5) is 0 Å². The molecule has 3 rings (SSSR count). The van der Waals surface area contributed by atoms with Crippen LogP contribution in [0.15, 0.2) is 18.3 Å². The van der Waals surface area contributed by atoms with Crippen LogP contribution in [0.25, 0.3) is 0 Å². The van der Waals surface area contributed by atoms with E-state index < -0.39 is 0 Å². The van der Waals surface area contributed by atoms with Crippen molar-refractivity contribution in [3.63, 3.8) is 0 Å². The Morgan fingerprint density at radius 2 is 2.16 bits per heavy atom. The average Bonchev–Trinajstić information content (AvgIpc) is 2.94. The number of hydrogen-bond acceptors (Lipinski definition) is 2. The van der Waals surface area contributed by atoms with Crippen LogP contribution in [0, 0.1) is 5.41 Å². The Balaban J connectivity index is 1.68. The summed E-state index contributed by atoms with van der Waals surface area (Å²) in [5.74, 6) is 0. The fourth-order valence-electron chi connectivity index (χ4n) is 3.93. The van der Waals surface area contributed by atoms with Gasteiger partial charge < -0.3 is 5.32 Å². The van der Waals surface area contributed by atoms with E-state index in [1.807, 2.05) is 6.20 Å². The Labute approximate surface area is 117 Å². The molecule has 2 aliphatic carbocycles. The topological polar surface area (TPSA) is 24.9 Å². The van der Waals surface area contributed by atoms with Gasteiger partial charge in [0, 0.05) is 18.8 Å². The minimum absolute atomic E-state index is 0.494. The average molecular weight is 258 g/mol. The Bertz CT molecular complexity index is 421. The van der Waals surface area contributed by atoms with Crippen molar-refractivity contribution in [2.75, 3.05) is 6.54 Å². The van der Waals surface area contributed by atoms with E-state index in [0.29, 0.717) is 11.5 Å². The molecule has 1 heterocycles. The predicted octanol–water partition coefficient (Wildman–Crippen LogP) is 4.02. The molecule has 1 atom stereocenters. The zero-order chi connectivity index (χ0) is 13.1. The maximum atomic E-state index is 4.63. The van der Waals surface area contributed by atoms with E-state index in [2.05, 4.69) is 29.4 Å². The lowest BCUT2D eigenvalue weighted by Gasteiger charge is -2.32. The van der Waals surface area contributed by atoms with Gasteiger partial charge in [0.25, 0.3) is 0 Å². The molecule has 0 bridgehead atoms. The normalized spacial score (nSPS) is 25.2. The third-order valence-corrected chi connectivity index (χ3v) is 5.33. The minimum Gasteiger partial charge on any atom is -0.308 e. The Kier molecular flexibility index (Phi) is 3.88. The summed E-state index contributed by atoms with van der Waals surface area (Å²) in [6, 6.07) is 4.82. The maximum absolute atomic E-state index is 4.63. The van der Waals surface area contributed by atoms with Gasteiger partial charge in [0.2, 0.25) is 0 Å². The SMILES string of the molecule is CCC1(CNC2CCCc3cccnc32)CCCC1. The molecule has 1 fully saturated rings. The van der Waals surface area contributed by atoms with Gasteiger partial charge in [-0.15, -0.1) is 0 Å². The molecule has 0 aromatic carbocycles. The fourth-order valence-corrected chi connectivity index (χ4v) is 3.93. The number of fused-ring (bicyclic) bond motifs is 1. The number of nitrogens with zero attached hydrogens (tertiary/aromatic N) is 1. The summed E-state index contributed by atoms with van der Waals surface area (Å²) in [6.07, 6.45) is 12.7. The van der Waals surface area contributed by atoms with E-state index in [0.717, 1.165) is 0 Å². The molecule has 0 amide bonds. The van der Waals surface area contributed by atoms with Crippen molar-refractivity contribution in [2.45, 2.75) is 64.3 Å².